The zero-order valence-electron chi connectivity index (χ0n) is 37.5. The Hall–Kier alpha value is -3.44. The highest BCUT2D eigenvalue weighted by Gasteiger charge is 2.17. The zero-order chi connectivity index (χ0) is 42.1. The Balaban J connectivity index is 4.49. The molecule has 1 atom stereocenters. The molecule has 0 saturated heterocycles. The van der Waals surface area contributed by atoms with Crippen molar-refractivity contribution in [3.8, 4) is 0 Å². The topological polar surface area (TPSA) is 61.8 Å². The van der Waals surface area contributed by atoms with Gasteiger partial charge < -0.3 is 14.2 Å². The van der Waals surface area contributed by atoms with Crippen molar-refractivity contribution in [3.05, 3.63) is 109 Å². The van der Waals surface area contributed by atoms with E-state index < -0.39 is 6.10 Å². The Bertz CT molecular complexity index is 1180. The Labute approximate surface area is 357 Å². The molecule has 0 spiro atoms. The molecule has 0 fully saturated rings. The highest BCUT2D eigenvalue weighted by atomic mass is 16.6. The molecule has 0 aromatic heterocycles. The molecule has 5 heteroatoms. The quantitative estimate of drug-likeness (QED) is 0.0350. The SMILES string of the molecule is CC/C=C\C/C=C\C/C=C\C/C=C\C/C=C\CC(=O)OCC(COCCC/C=C\C/C=C\C/C=C\C/C=C\CC)OC(=O)CCCCCCCCCCCCCCC. The third-order valence-corrected chi connectivity index (χ3v) is 9.34. The Morgan fingerprint density at radius 1 is 0.414 bits per heavy atom. The number of ether oxygens (including phenoxy) is 3. The molecule has 1 unspecified atom stereocenters. The summed E-state index contributed by atoms with van der Waals surface area (Å²) < 4.78 is 17.2. The molecule has 0 saturated carbocycles. The van der Waals surface area contributed by atoms with Gasteiger partial charge in [-0.3, -0.25) is 9.59 Å². The van der Waals surface area contributed by atoms with E-state index in [1.165, 1.54) is 64.2 Å². The van der Waals surface area contributed by atoms with Crippen LogP contribution in [0.3, 0.4) is 0 Å². The van der Waals surface area contributed by atoms with Crippen LogP contribution in [0.15, 0.2) is 109 Å². The van der Waals surface area contributed by atoms with Gasteiger partial charge in [0.15, 0.2) is 6.10 Å². The molecule has 0 bridgehead atoms. The third-order valence-electron chi connectivity index (χ3n) is 9.34. The van der Waals surface area contributed by atoms with E-state index in [9.17, 15) is 9.59 Å². The van der Waals surface area contributed by atoms with Crippen LogP contribution in [0.1, 0.15) is 188 Å². The van der Waals surface area contributed by atoms with Gasteiger partial charge in [-0.1, -0.05) is 207 Å². The van der Waals surface area contributed by atoms with Crippen LogP contribution in [0.2, 0.25) is 0 Å². The maximum absolute atomic E-state index is 12.7. The summed E-state index contributed by atoms with van der Waals surface area (Å²) in [6.07, 6.45) is 65.5. The molecule has 0 aliphatic heterocycles. The Morgan fingerprint density at radius 2 is 0.810 bits per heavy atom. The van der Waals surface area contributed by atoms with Gasteiger partial charge >= 0.3 is 11.9 Å². The summed E-state index contributed by atoms with van der Waals surface area (Å²) in [6, 6.07) is 0. The maximum atomic E-state index is 12.7. The minimum Gasteiger partial charge on any atom is -0.461 e. The molecule has 0 aliphatic rings. The molecule has 0 aromatic carbocycles. The zero-order valence-corrected chi connectivity index (χ0v) is 37.5. The lowest BCUT2D eigenvalue weighted by Gasteiger charge is -2.18. The molecule has 0 aliphatic carbocycles. The predicted octanol–water partition coefficient (Wildman–Crippen LogP) is 15.7. The lowest BCUT2D eigenvalue weighted by molar-refractivity contribution is -0.162. The standard InChI is InChI=1S/C53H86O5/c1-4-7-10-13-16-19-22-25-27-29-31-34-37-40-43-46-52(54)57-50-51(49-56-48-45-42-39-36-33-30-26-23-20-17-14-11-8-5-2)58-53(55)47-44-41-38-35-32-28-24-21-18-15-12-9-6-3/h7-8,10-11,16-17,19-20,25-27,30-31,34,36,39-40,43,51H,4-6,9,12-15,18,21-24,28-29,32-33,35,37-38,41-42,44-50H2,1-3H3/b10-7-,11-8-,19-16-,20-17-,27-25-,30-26-,34-31-,39-36-,43-40-. The summed E-state index contributed by atoms with van der Waals surface area (Å²) in [5.74, 6) is -0.580. The molecule has 5 nitrogen and oxygen atoms in total. The molecule has 0 aromatic rings. The van der Waals surface area contributed by atoms with Gasteiger partial charge in [-0.2, -0.15) is 0 Å². The fourth-order valence-corrected chi connectivity index (χ4v) is 5.94. The van der Waals surface area contributed by atoms with Gasteiger partial charge in [-0.15, -0.1) is 0 Å². The molecule has 58 heavy (non-hydrogen) atoms. The monoisotopic (exact) mass is 803 g/mol. The second kappa shape index (κ2) is 47.9. The van der Waals surface area contributed by atoms with Crippen molar-refractivity contribution < 1.29 is 23.8 Å². The number of carbonyl (C=O) groups is 2. The summed E-state index contributed by atoms with van der Waals surface area (Å²) in [5, 5.41) is 0. The van der Waals surface area contributed by atoms with E-state index in [1.54, 1.807) is 0 Å². The minimum atomic E-state index is -0.607. The molecule has 0 radical (unpaired) electrons. The fourth-order valence-electron chi connectivity index (χ4n) is 5.94. The second-order valence-electron chi connectivity index (χ2n) is 14.9. The van der Waals surface area contributed by atoms with Crippen molar-refractivity contribution in [2.45, 2.75) is 194 Å². The lowest BCUT2D eigenvalue weighted by atomic mass is 10.0. The highest BCUT2D eigenvalue weighted by molar-refractivity contribution is 5.71. The van der Waals surface area contributed by atoms with Crippen LogP contribution in [-0.2, 0) is 23.8 Å². The normalized spacial score (nSPS) is 13.2. The van der Waals surface area contributed by atoms with Crippen molar-refractivity contribution in [2.75, 3.05) is 19.8 Å². The van der Waals surface area contributed by atoms with E-state index in [1.807, 2.05) is 12.2 Å². The van der Waals surface area contributed by atoms with Gasteiger partial charge in [0.1, 0.15) is 6.61 Å². The number of carbonyl (C=O) groups excluding carboxylic acids is 2. The van der Waals surface area contributed by atoms with Crippen LogP contribution >= 0.6 is 0 Å². The number of rotatable bonds is 41. The van der Waals surface area contributed by atoms with E-state index in [0.29, 0.717) is 13.0 Å². The number of unbranched alkanes of at least 4 members (excludes halogenated alkanes) is 13. The Morgan fingerprint density at radius 3 is 1.26 bits per heavy atom. The first-order valence-corrected chi connectivity index (χ1v) is 23.4. The summed E-state index contributed by atoms with van der Waals surface area (Å²) in [6.45, 7) is 7.34. The first kappa shape index (κ1) is 54.6. The molecule has 0 heterocycles. The largest absolute Gasteiger partial charge is 0.461 e. The molecule has 0 rings (SSSR count). The van der Waals surface area contributed by atoms with Crippen LogP contribution in [0.4, 0.5) is 0 Å². The van der Waals surface area contributed by atoms with Crippen LogP contribution in [-0.4, -0.2) is 37.9 Å². The average molecular weight is 803 g/mol. The van der Waals surface area contributed by atoms with Gasteiger partial charge in [-0.25, -0.2) is 0 Å². The van der Waals surface area contributed by atoms with Gasteiger partial charge in [-0.05, 0) is 77.0 Å². The molecule has 0 amide bonds. The lowest BCUT2D eigenvalue weighted by Crippen LogP contribution is -2.30. The van der Waals surface area contributed by atoms with Gasteiger partial charge in [0, 0.05) is 13.0 Å². The van der Waals surface area contributed by atoms with Gasteiger partial charge in [0.25, 0.3) is 0 Å². The number of allylic oxidation sites excluding steroid dienone is 17. The van der Waals surface area contributed by atoms with Crippen molar-refractivity contribution in [1.29, 1.82) is 0 Å². The third kappa shape index (κ3) is 45.3. The number of esters is 2. The van der Waals surface area contributed by atoms with Crippen molar-refractivity contribution in [3.63, 3.8) is 0 Å². The number of hydrogen-bond acceptors (Lipinski definition) is 5. The summed E-state index contributed by atoms with van der Waals surface area (Å²) >= 11 is 0. The van der Waals surface area contributed by atoms with E-state index in [4.69, 9.17) is 14.2 Å². The Kier molecular flexibility index (Phi) is 45.1. The molecule has 0 N–H and O–H groups in total. The molecule has 328 valence electrons. The predicted molar refractivity (Wildman–Crippen MR) is 251 cm³/mol. The highest BCUT2D eigenvalue weighted by Crippen LogP contribution is 2.14. The fraction of sp³-hybridized carbons (Fsp3) is 0.623. The minimum absolute atomic E-state index is 0.00471. The molecular formula is C53H86O5. The summed E-state index contributed by atoms with van der Waals surface area (Å²) in [4.78, 5) is 25.2. The van der Waals surface area contributed by atoms with Crippen LogP contribution < -0.4 is 0 Å². The average Bonchev–Trinajstić information content (AvgIpc) is 3.22. The van der Waals surface area contributed by atoms with Gasteiger partial charge in [0.2, 0.25) is 0 Å². The smallest absolute Gasteiger partial charge is 0.309 e. The van der Waals surface area contributed by atoms with Crippen LogP contribution in [0.5, 0.6) is 0 Å². The number of hydrogen-bond donors (Lipinski definition) is 0. The first-order chi connectivity index (χ1) is 28.6. The van der Waals surface area contributed by atoms with Crippen molar-refractivity contribution in [2.24, 2.45) is 0 Å². The first-order valence-electron chi connectivity index (χ1n) is 23.4. The van der Waals surface area contributed by atoms with E-state index >= 15 is 0 Å². The van der Waals surface area contributed by atoms with Gasteiger partial charge in [0.05, 0.1) is 13.0 Å². The summed E-state index contributed by atoms with van der Waals surface area (Å²) in [5.41, 5.74) is 0. The van der Waals surface area contributed by atoms with Crippen molar-refractivity contribution >= 4 is 11.9 Å². The van der Waals surface area contributed by atoms with E-state index in [2.05, 4.69) is 118 Å². The van der Waals surface area contributed by atoms with Crippen LogP contribution in [0, 0.1) is 0 Å². The molecular weight excluding hydrogens is 717 g/mol. The summed E-state index contributed by atoms with van der Waals surface area (Å²) in [7, 11) is 0. The maximum Gasteiger partial charge on any atom is 0.309 e. The van der Waals surface area contributed by atoms with E-state index in [0.717, 1.165) is 89.9 Å². The second-order valence-corrected chi connectivity index (χ2v) is 14.9. The van der Waals surface area contributed by atoms with Crippen molar-refractivity contribution in [1.82, 2.24) is 0 Å². The van der Waals surface area contributed by atoms with Crippen LogP contribution in [0.25, 0.3) is 0 Å². The van der Waals surface area contributed by atoms with E-state index in [-0.39, 0.29) is 31.6 Å².